The van der Waals surface area contributed by atoms with Gasteiger partial charge in [-0.25, -0.2) is 4.39 Å². The van der Waals surface area contributed by atoms with Crippen molar-refractivity contribution in [1.29, 1.82) is 0 Å². The minimum atomic E-state index is -0.388. The van der Waals surface area contributed by atoms with Crippen molar-refractivity contribution in [3.05, 3.63) is 94.3 Å². The molecule has 5 rings (SSSR count). The van der Waals surface area contributed by atoms with Gasteiger partial charge >= 0.3 is 0 Å². The lowest BCUT2D eigenvalue weighted by molar-refractivity contribution is -0.128. The predicted octanol–water partition coefficient (Wildman–Crippen LogP) is 5.78. The van der Waals surface area contributed by atoms with Crippen LogP contribution in [0, 0.1) is 5.82 Å². The summed E-state index contributed by atoms with van der Waals surface area (Å²) in [7, 11) is 0. The number of nitrogens with zero attached hydrogens (tertiary/aromatic N) is 1. The topological polar surface area (TPSA) is 32.3 Å². The van der Waals surface area contributed by atoms with Gasteiger partial charge in [0.15, 0.2) is 0 Å². The van der Waals surface area contributed by atoms with Crippen molar-refractivity contribution in [3.8, 4) is 0 Å². The second kappa shape index (κ2) is 8.34. The first-order valence-corrected chi connectivity index (χ1v) is 11.5. The van der Waals surface area contributed by atoms with Gasteiger partial charge in [0, 0.05) is 22.6 Å². The lowest BCUT2D eigenvalue weighted by atomic mass is 9.68. The Bertz CT molecular complexity index is 1200. The molecule has 1 amide bonds. The Balaban J connectivity index is 1.51. The van der Waals surface area contributed by atoms with Gasteiger partial charge in [0.05, 0.1) is 6.04 Å². The highest BCUT2D eigenvalue weighted by Gasteiger charge is 2.45. The van der Waals surface area contributed by atoms with Crippen molar-refractivity contribution in [2.24, 2.45) is 0 Å². The number of rotatable bonds is 4. The van der Waals surface area contributed by atoms with Crippen LogP contribution >= 0.6 is 11.6 Å². The molecule has 3 aromatic carbocycles. The first kappa shape index (κ1) is 21.2. The fraction of sp³-hybridized carbons (Fsp3) is 0.296. The lowest BCUT2D eigenvalue weighted by Gasteiger charge is -2.39. The molecule has 0 spiro atoms. The van der Waals surface area contributed by atoms with Crippen LogP contribution in [0.4, 0.5) is 4.39 Å². The number of carbonyl (C=O) groups is 1. The molecule has 0 unspecified atom stereocenters. The molecule has 0 aromatic heterocycles. The number of halogens is 2. The first-order valence-electron chi connectivity index (χ1n) is 11.2. The average Bonchev–Trinajstić information content (AvgIpc) is 3.20. The standard InChI is InChI=1S/C27H26ClFN2O/c1-18(24-17-21(28)16-19-4-2-3-5-23(19)24)31-15-10-25(26(31)32)27(11-13-30-14-12-27)20-6-8-22(29)9-7-20/h2-10,16-18,30H,11-15H2,1H3/t18-/m0/s1. The van der Waals surface area contributed by atoms with Crippen LogP contribution in [0.1, 0.15) is 36.9 Å². The minimum absolute atomic E-state index is 0.0628. The second-order valence-corrected chi connectivity index (χ2v) is 9.24. The second-order valence-electron chi connectivity index (χ2n) is 8.81. The zero-order valence-electron chi connectivity index (χ0n) is 18.1. The molecule has 0 aliphatic carbocycles. The zero-order chi connectivity index (χ0) is 22.3. The quantitative estimate of drug-likeness (QED) is 0.548. The van der Waals surface area contributed by atoms with Crippen LogP contribution in [0.2, 0.25) is 5.02 Å². The maximum absolute atomic E-state index is 13.8. The Kier molecular flexibility index (Phi) is 5.52. The number of nitrogens with one attached hydrogen (secondary N) is 1. The molecule has 2 heterocycles. The Morgan fingerprint density at radius 2 is 1.78 bits per heavy atom. The molecule has 3 nitrogen and oxygen atoms in total. The maximum atomic E-state index is 13.8. The van der Waals surface area contributed by atoms with E-state index < -0.39 is 0 Å². The van der Waals surface area contributed by atoms with Crippen LogP contribution in [0.15, 0.2) is 72.3 Å². The summed E-state index contributed by atoms with van der Waals surface area (Å²) in [5.41, 5.74) is 2.52. The van der Waals surface area contributed by atoms with Gasteiger partial charge in [-0.1, -0.05) is 54.1 Å². The first-order chi connectivity index (χ1) is 15.5. The molecule has 32 heavy (non-hydrogen) atoms. The fourth-order valence-electron chi connectivity index (χ4n) is 5.40. The van der Waals surface area contributed by atoms with Crippen molar-refractivity contribution < 1.29 is 9.18 Å². The minimum Gasteiger partial charge on any atom is -0.328 e. The maximum Gasteiger partial charge on any atom is 0.251 e. The van der Waals surface area contributed by atoms with Crippen molar-refractivity contribution in [2.75, 3.05) is 19.6 Å². The summed E-state index contributed by atoms with van der Waals surface area (Å²) in [4.78, 5) is 15.7. The third kappa shape index (κ3) is 3.52. The molecular formula is C27H26ClFN2O. The summed E-state index contributed by atoms with van der Waals surface area (Å²) in [5.74, 6) is -0.194. The summed E-state index contributed by atoms with van der Waals surface area (Å²) >= 11 is 6.42. The molecule has 1 N–H and O–H groups in total. The van der Waals surface area contributed by atoms with E-state index in [1.165, 1.54) is 12.1 Å². The van der Waals surface area contributed by atoms with Crippen LogP contribution in [-0.4, -0.2) is 30.4 Å². The number of fused-ring (bicyclic) bond motifs is 1. The van der Waals surface area contributed by atoms with Crippen molar-refractivity contribution in [1.82, 2.24) is 10.2 Å². The normalized spacial score (nSPS) is 19.3. The van der Waals surface area contributed by atoms with Gasteiger partial charge in [-0.15, -0.1) is 0 Å². The summed E-state index contributed by atoms with van der Waals surface area (Å²) < 4.78 is 13.6. The fourth-order valence-corrected chi connectivity index (χ4v) is 5.64. The van der Waals surface area contributed by atoms with Crippen LogP contribution < -0.4 is 5.32 Å². The summed E-state index contributed by atoms with van der Waals surface area (Å²) in [5, 5.41) is 6.26. The highest BCUT2D eigenvalue weighted by atomic mass is 35.5. The number of amides is 1. The Hall–Kier alpha value is -2.69. The van der Waals surface area contributed by atoms with E-state index in [1.54, 1.807) is 0 Å². The van der Waals surface area contributed by atoms with Crippen molar-refractivity contribution in [3.63, 3.8) is 0 Å². The SMILES string of the molecule is C[C@@H](c1cc(Cl)cc2ccccc12)N1CC=C(C2(c3ccc(F)cc3)CCNCC2)C1=O. The molecule has 0 bridgehead atoms. The van der Waals surface area contributed by atoms with E-state index in [1.807, 2.05) is 47.4 Å². The summed E-state index contributed by atoms with van der Waals surface area (Å²) in [6, 6.07) is 18.6. The van der Waals surface area contributed by atoms with Gasteiger partial charge in [0.25, 0.3) is 5.91 Å². The van der Waals surface area contributed by atoms with E-state index in [4.69, 9.17) is 11.6 Å². The van der Waals surface area contributed by atoms with Crippen LogP contribution in [0.25, 0.3) is 10.8 Å². The van der Waals surface area contributed by atoms with E-state index in [0.717, 1.165) is 53.4 Å². The number of hydrogen-bond acceptors (Lipinski definition) is 2. The molecule has 1 fully saturated rings. The highest BCUT2D eigenvalue weighted by Crippen LogP contribution is 2.44. The molecule has 5 heteroatoms. The largest absolute Gasteiger partial charge is 0.328 e. The molecule has 164 valence electrons. The lowest BCUT2D eigenvalue weighted by Crippen LogP contribution is -2.44. The molecule has 2 aliphatic rings. The zero-order valence-corrected chi connectivity index (χ0v) is 18.8. The Morgan fingerprint density at radius 1 is 1.06 bits per heavy atom. The Morgan fingerprint density at radius 3 is 2.53 bits per heavy atom. The van der Waals surface area contributed by atoms with Crippen LogP contribution in [-0.2, 0) is 10.2 Å². The van der Waals surface area contributed by atoms with Gasteiger partial charge in [-0.2, -0.15) is 0 Å². The number of benzene rings is 3. The third-order valence-electron chi connectivity index (χ3n) is 7.13. The van der Waals surface area contributed by atoms with Gasteiger partial charge in [-0.3, -0.25) is 4.79 Å². The van der Waals surface area contributed by atoms with E-state index in [9.17, 15) is 9.18 Å². The van der Waals surface area contributed by atoms with Crippen LogP contribution in [0.5, 0.6) is 0 Å². The molecule has 1 atom stereocenters. The molecular weight excluding hydrogens is 423 g/mol. The monoisotopic (exact) mass is 448 g/mol. The number of piperidine rings is 1. The number of hydrogen-bond donors (Lipinski definition) is 1. The molecule has 0 radical (unpaired) electrons. The smallest absolute Gasteiger partial charge is 0.251 e. The average molecular weight is 449 g/mol. The van der Waals surface area contributed by atoms with Gasteiger partial charge in [0.1, 0.15) is 5.82 Å². The van der Waals surface area contributed by atoms with Crippen LogP contribution in [0.3, 0.4) is 0 Å². The van der Waals surface area contributed by atoms with E-state index in [0.29, 0.717) is 11.6 Å². The Labute approximate surface area is 192 Å². The molecule has 2 aliphatic heterocycles. The molecule has 3 aromatic rings. The summed E-state index contributed by atoms with van der Waals surface area (Å²) in [6.45, 7) is 4.29. The molecule has 1 saturated heterocycles. The third-order valence-corrected chi connectivity index (χ3v) is 7.35. The van der Waals surface area contributed by atoms with Crippen molar-refractivity contribution >= 4 is 28.3 Å². The summed E-state index contributed by atoms with van der Waals surface area (Å²) in [6.07, 6.45) is 3.72. The van der Waals surface area contributed by atoms with Gasteiger partial charge < -0.3 is 10.2 Å². The molecule has 0 saturated carbocycles. The van der Waals surface area contributed by atoms with E-state index in [-0.39, 0.29) is 23.2 Å². The predicted molar refractivity (Wildman–Crippen MR) is 127 cm³/mol. The van der Waals surface area contributed by atoms with Crippen molar-refractivity contribution in [2.45, 2.75) is 31.2 Å². The van der Waals surface area contributed by atoms with E-state index in [2.05, 4.69) is 24.4 Å². The number of carbonyl (C=O) groups excluding carboxylic acids is 1. The van der Waals surface area contributed by atoms with Gasteiger partial charge in [0.2, 0.25) is 0 Å². The highest BCUT2D eigenvalue weighted by molar-refractivity contribution is 6.31. The van der Waals surface area contributed by atoms with E-state index >= 15 is 0 Å². The van der Waals surface area contributed by atoms with Gasteiger partial charge in [-0.05, 0) is 79.0 Å².